The molecular weight excluding hydrogens is 510 g/mol. The summed E-state index contributed by atoms with van der Waals surface area (Å²) in [6, 6.07) is 6.00. The fraction of sp³-hybridized carbons (Fsp3) is 0.688. The number of benzene rings is 1. The number of methoxy groups -OCH3 is 1. The van der Waals surface area contributed by atoms with Gasteiger partial charge in [0.05, 0.1) is 25.9 Å². The summed E-state index contributed by atoms with van der Waals surface area (Å²) in [5, 5.41) is 0. The number of carbonyl (C=O) groups excluding carboxylic acids is 2. The number of amides is 1. The second-order valence-corrected chi connectivity index (χ2v) is 12.8. The van der Waals surface area contributed by atoms with Gasteiger partial charge in [0.25, 0.3) is 0 Å². The molecule has 40 heavy (non-hydrogen) atoms. The van der Waals surface area contributed by atoms with E-state index >= 15 is 0 Å². The summed E-state index contributed by atoms with van der Waals surface area (Å²) in [6.45, 7) is 13.8. The molecule has 222 valence electrons. The van der Waals surface area contributed by atoms with E-state index in [1.165, 1.54) is 12.7 Å². The first kappa shape index (κ1) is 30.2. The van der Waals surface area contributed by atoms with Gasteiger partial charge in [0, 0.05) is 36.9 Å². The lowest BCUT2D eigenvalue weighted by Gasteiger charge is -2.54. The van der Waals surface area contributed by atoms with E-state index in [1.54, 1.807) is 0 Å². The molecule has 4 rings (SSSR count). The maximum absolute atomic E-state index is 12.9. The molecule has 0 saturated carbocycles. The standard InChI is InChI=1S/C32H47NO7/c1-21(2)11-9-16-32(6)24-19-22-20-33(30(35)40-31(3,4)5)17-15-25(22)38-28(24)23-12-8-13-26(29(23)39-32)37-18-10-14-27(34)36-7/h8,11-13,22,24-25,28H,9-10,14-20H2,1-7H3/t22-,24-,25-,28+,32-/m0/s1. The van der Waals surface area contributed by atoms with Crippen LogP contribution in [0.4, 0.5) is 4.79 Å². The lowest BCUT2D eigenvalue weighted by molar-refractivity contribution is -0.191. The Morgan fingerprint density at radius 1 is 1.23 bits per heavy atom. The van der Waals surface area contributed by atoms with Crippen LogP contribution < -0.4 is 9.47 Å². The SMILES string of the molecule is COC(=O)CCCOc1cccc2c1O[C@@](C)(CCC=C(C)C)[C@H]1C[C@H]3CN(C(=O)OC(C)(C)C)CC[C@@H]3O[C@H]21. The highest BCUT2D eigenvalue weighted by Gasteiger charge is 2.54. The Labute approximate surface area is 239 Å². The molecule has 3 aliphatic heterocycles. The molecular formula is C32H47NO7. The van der Waals surface area contributed by atoms with Gasteiger partial charge in [-0.3, -0.25) is 4.79 Å². The Kier molecular flexibility index (Phi) is 9.38. The molecule has 5 atom stereocenters. The number of fused-ring (bicyclic) bond motifs is 4. The van der Waals surface area contributed by atoms with Crippen LogP contribution in [0.1, 0.15) is 91.7 Å². The molecule has 8 heteroatoms. The molecule has 8 nitrogen and oxygen atoms in total. The third-order valence-corrected chi connectivity index (χ3v) is 8.20. The van der Waals surface area contributed by atoms with Crippen molar-refractivity contribution in [2.45, 2.75) is 103 Å². The number of allylic oxidation sites excluding steroid dienone is 2. The van der Waals surface area contributed by atoms with Gasteiger partial charge in [0.1, 0.15) is 11.2 Å². The Morgan fingerprint density at radius 2 is 2.00 bits per heavy atom. The first-order valence-corrected chi connectivity index (χ1v) is 14.7. The second kappa shape index (κ2) is 12.4. The van der Waals surface area contributed by atoms with Crippen molar-refractivity contribution in [1.29, 1.82) is 0 Å². The summed E-state index contributed by atoms with van der Waals surface area (Å²) < 4.78 is 30.4. The Bertz CT molecular complexity index is 1090. The van der Waals surface area contributed by atoms with Crippen LogP contribution in [0.5, 0.6) is 11.5 Å². The first-order chi connectivity index (χ1) is 18.9. The van der Waals surface area contributed by atoms with Crippen LogP contribution in [-0.4, -0.2) is 61.1 Å². The predicted octanol–water partition coefficient (Wildman–Crippen LogP) is 6.62. The van der Waals surface area contributed by atoms with Gasteiger partial charge in [-0.15, -0.1) is 0 Å². The van der Waals surface area contributed by atoms with Crippen LogP contribution in [-0.2, 0) is 19.0 Å². The Balaban J connectivity index is 1.57. The summed E-state index contributed by atoms with van der Waals surface area (Å²) in [5.41, 5.74) is 1.30. The highest BCUT2D eigenvalue weighted by molar-refractivity contribution is 5.69. The van der Waals surface area contributed by atoms with E-state index in [4.69, 9.17) is 23.7 Å². The smallest absolute Gasteiger partial charge is 0.410 e. The number of hydrogen-bond acceptors (Lipinski definition) is 7. The van der Waals surface area contributed by atoms with Crippen LogP contribution in [0.3, 0.4) is 0 Å². The molecule has 1 amide bonds. The molecule has 1 aromatic rings. The van der Waals surface area contributed by atoms with E-state index in [2.05, 4.69) is 32.9 Å². The Morgan fingerprint density at radius 3 is 2.70 bits per heavy atom. The monoisotopic (exact) mass is 557 g/mol. The van der Waals surface area contributed by atoms with Gasteiger partial charge in [0.2, 0.25) is 0 Å². The topological polar surface area (TPSA) is 83.5 Å². The first-order valence-electron chi connectivity index (χ1n) is 14.7. The summed E-state index contributed by atoms with van der Waals surface area (Å²) in [6.07, 6.45) is 6.25. The molecule has 2 saturated heterocycles. The minimum Gasteiger partial charge on any atom is -0.490 e. The van der Waals surface area contributed by atoms with Crippen molar-refractivity contribution in [1.82, 2.24) is 4.90 Å². The van der Waals surface area contributed by atoms with Crippen LogP contribution in [0.15, 0.2) is 29.8 Å². The number of rotatable bonds is 8. The average molecular weight is 558 g/mol. The lowest BCUT2D eigenvalue weighted by Crippen LogP contribution is -2.57. The molecule has 0 N–H and O–H groups in total. The molecule has 0 aliphatic carbocycles. The normalized spacial score (nSPS) is 27.3. The van der Waals surface area contributed by atoms with E-state index < -0.39 is 11.2 Å². The quantitative estimate of drug-likeness (QED) is 0.202. The maximum Gasteiger partial charge on any atom is 0.410 e. The minimum absolute atomic E-state index is 0.0672. The molecule has 0 radical (unpaired) electrons. The van der Waals surface area contributed by atoms with Crippen molar-refractivity contribution >= 4 is 12.1 Å². The third-order valence-electron chi connectivity index (χ3n) is 8.20. The fourth-order valence-electron chi connectivity index (χ4n) is 6.17. The number of ether oxygens (including phenoxy) is 5. The molecule has 3 aliphatic rings. The Hall–Kier alpha value is -2.74. The lowest BCUT2D eigenvalue weighted by atomic mass is 9.68. The van der Waals surface area contributed by atoms with E-state index in [1.807, 2.05) is 37.8 Å². The summed E-state index contributed by atoms with van der Waals surface area (Å²) in [4.78, 5) is 26.2. The highest BCUT2D eigenvalue weighted by Crippen LogP contribution is 2.56. The maximum atomic E-state index is 12.9. The largest absolute Gasteiger partial charge is 0.490 e. The number of likely N-dealkylation sites (tertiary alicyclic amines) is 1. The predicted molar refractivity (Wildman–Crippen MR) is 153 cm³/mol. The number of nitrogens with zero attached hydrogens (tertiary/aromatic N) is 1. The van der Waals surface area contributed by atoms with Crippen molar-refractivity contribution < 1.29 is 33.3 Å². The van der Waals surface area contributed by atoms with Crippen molar-refractivity contribution in [3.63, 3.8) is 0 Å². The number of para-hydroxylation sites is 1. The molecule has 1 aromatic carbocycles. The molecule has 2 fully saturated rings. The minimum atomic E-state index is -0.522. The van der Waals surface area contributed by atoms with Gasteiger partial charge < -0.3 is 28.6 Å². The van der Waals surface area contributed by atoms with Gasteiger partial charge >= 0.3 is 12.1 Å². The zero-order valence-electron chi connectivity index (χ0n) is 25.3. The van der Waals surface area contributed by atoms with Crippen molar-refractivity contribution in [2.24, 2.45) is 11.8 Å². The van der Waals surface area contributed by atoms with Crippen LogP contribution >= 0.6 is 0 Å². The van der Waals surface area contributed by atoms with Gasteiger partial charge in [0.15, 0.2) is 11.5 Å². The average Bonchev–Trinajstić information content (AvgIpc) is 2.89. The highest BCUT2D eigenvalue weighted by atomic mass is 16.6. The molecule has 0 unspecified atom stereocenters. The van der Waals surface area contributed by atoms with Crippen LogP contribution in [0, 0.1) is 11.8 Å². The summed E-state index contributed by atoms with van der Waals surface area (Å²) in [5.74, 6) is 1.52. The second-order valence-electron chi connectivity index (χ2n) is 12.8. The summed E-state index contributed by atoms with van der Waals surface area (Å²) in [7, 11) is 1.40. The van der Waals surface area contributed by atoms with Crippen molar-refractivity contribution in [3.05, 3.63) is 35.4 Å². The van der Waals surface area contributed by atoms with E-state index in [-0.39, 0.29) is 36.1 Å². The molecule has 0 spiro atoms. The zero-order valence-corrected chi connectivity index (χ0v) is 25.3. The van der Waals surface area contributed by atoms with Gasteiger partial charge in [-0.05, 0) is 79.7 Å². The van der Waals surface area contributed by atoms with Crippen molar-refractivity contribution in [2.75, 3.05) is 26.8 Å². The number of esters is 1. The zero-order chi connectivity index (χ0) is 29.1. The third kappa shape index (κ3) is 7.12. The molecule has 0 aromatic heterocycles. The fourth-order valence-corrected chi connectivity index (χ4v) is 6.17. The van der Waals surface area contributed by atoms with E-state index in [9.17, 15) is 9.59 Å². The van der Waals surface area contributed by atoms with Crippen LogP contribution in [0.25, 0.3) is 0 Å². The van der Waals surface area contributed by atoms with Gasteiger partial charge in [-0.25, -0.2) is 4.79 Å². The number of carbonyl (C=O) groups is 2. The number of piperidine rings is 1. The van der Waals surface area contributed by atoms with E-state index in [0.29, 0.717) is 38.3 Å². The molecule has 0 bridgehead atoms. The van der Waals surface area contributed by atoms with Crippen LogP contribution in [0.2, 0.25) is 0 Å². The summed E-state index contributed by atoms with van der Waals surface area (Å²) >= 11 is 0. The number of hydrogen-bond donors (Lipinski definition) is 0. The van der Waals surface area contributed by atoms with Crippen molar-refractivity contribution in [3.8, 4) is 11.5 Å². The van der Waals surface area contributed by atoms with Gasteiger partial charge in [-0.2, -0.15) is 0 Å². The van der Waals surface area contributed by atoms with E-state index in [0.717, 1.165) is 37.0 Å². The molecule has 3 heterocycles. The van der Waals surface area contributed by atoms with Gasteiger partial charge in [-0.1, -0.05) is 23.8 Å².